The maximum absolute atomic E-state index is 9.56. The van der Waals surface area contributed by atoms with Gasteiger partial charge in [0, 0.05) is 46.6 Å². The minimum atomic E-state index is -2.34. The molecule has 0 heterocycles. The van der Waals surface area contributed by atoms with Crippen LogP contribution in [0.2, 0.25) is 8.87 Å². The molecule has 0 N–H and O–H groups in total. The molecule has 0 aliphatic heterocycles. The molecule has 0 fully saturated rings. The molecule has 0 saturated heterocycles. The standard InChI is InChI=1S/2C2H6OS.2C2H5.2ClH.Sn/c2*1-4(2)3;2*1-2;;;/h2*1-2H3;2*1H2,2H3;2*1H;/q;;;;;;+2/p-2. The van der Waals surface area contributed by atoms with Gasteiger partial charge in [-0.15, -0.1) is 0 Å². The van der Waals surface area contributed by atoms with Gasteiger partial charge in [0.2, 0.25) is 0 Å². The second kappa shape index (κ2) is 13.7. The van der Waals surface area contributed by atoms with Gasteiger partial charge in [-0.2, -0.15) is 0 Å². The predicted molar refractivity (Wildman–Crippen MR) is 78.4 cm³/mol. The summed E-state index contributed by atoms with van der Waals surface area (Å²) in [4.78, 5) is 0. The molecule has 0 aromatic heterocycles. The summed E-state index contributed by atoms with van der Waals surface area (Å²) in [7, 11) is 10.5. The summed E-state index contributed by atoms with van der Waals surface area (Å²) in [6, 6.07) is 0. The molecule has 7 heteroatoms. The summed E-state index contributed by atoms with van der Waals surface area (Å²) < 4.78 is 21.2. The average molecular weight is 404 g/mol. The maximum atomic E-state index is 9.56. The molecule has 0 rings (SSSR count). The molecular weight excluding hydrogens is 382 g/mol. The average Bonchev–Trinajstić information content (AvgIpc) is 2.02. The Morgan fingerprint density at radius 3 is 1.00 bits per heavy atom. The van der Waals surface area contributed by atoms with Crippen LogP contribution in [0.3, 0.4) is 0 Å². The Balaban J connectivity index is -0.000000155. The van der Waals surface area contributed by atoms with Crippen LogP contribution in [-0.4, -0.2) is 49.6 Å². The molecule has 0 unspecified atom stereocenters. The molecule has 0 saturated carbocycles. The van der Waals surface area contributed by atoms with Gasteiger partial charge in [0.05, 0.1) is 0 Å². The molecule has 2 nitrogen and oxygen atoms in total. The van der Waals surface area contributed by atoms with E-state index in [0.29, 0.717) is 0 Å². The van der Waals surface area contributed by atoms with Crippen LogP contribution in [0.25, 0.3) is 0 Å². The first-order valence-electron chi connectivity index (χ1n) is 4.47. The molecule has 0 radical (unpaired) electrons. The van der Waals surface area contributed by atoms with Crippen molar-refractivity contribution >= 4 is 55.6 Å². The van der Waals surface area contributed by atoms with Crippen molar-refractivity contribution in [2.45, 2.75) is 22.7 Å². The summed E-state index contributed by atoms with van der Waals surface area (Å²) in [6.45, 7) is 4.14. The van der Waals surface area contributed by atoms with E-state index in [4.69, 9.17) is 17.8 Å². The molecule has 0 amide bonds. The van der Waals surface area contributed by atoms with Crippen molar-refractivity contribution in [2.75, 3.05) is 25.0 Å². The number of hydrogen-bond donors (Lipinski definition) is 0. The van der Waals surface area contributed by atoms with Crippen LogP contribution in [0, 0.1) is 0 Å². The van der Waals surface area contributed by atoms with Crippen molar-refractivity contribution in [3.05, 3.63) is 0 Å². The first kappa shape index (κ1) is 21.9. The molecule has 0 bridgehead atoms. The van der Waals surface area contributed by atoms with Gasteiger partial charge >= 0.3 is 56.7 Å². The minimum absolute atomic E-state index is 0.611. The molecule has 0 atom stereocenters. The van der Waals surface area contributed by atoms with Crippen molar-refractivity contribution in [2.24, 2.45) is 0 Å². The molecule has 0 aromatic rings. The van der Waals surface area contributed by atoms with Crippen LogP contribution < -0.4 is 0 Å². The fourth-order valence-corrected chi connectivity index (χ4v) is 1.68. The topological polar surface area (TPSA) is 34.1 Å². The van der Waals surface area contributed by atoms with Gasteiger partial charge in [0.25, 0.3) is 0 Å². The van der Waals surface area contributed by atoms with E-state index in [-0.39, 0.29) is 0 Å². The summed E-state index contributed by atoms with van der Waals surface area (Å²) in [6.07, 6.45) is 6.56. The van der Waals surface area contributed by atoms with Gasteiger partial charge < -0.3 is 0 Å². The van der Waals surface area contributed by atoms with E-state index in [0.717, 1.165) is 8.87 Å². The molecule has 15 heavy (non-hydrogen) atoms. The van der Waals surface area contributed by atoms with Crippen LogP contribution in [-0.2, 0) is 21.6 Å². The Hall–Kier alpha value is 1.68. The first-order chi connectivity index (χ1) is 6.59. The van der Waals surface area contributed by atoms with Gasteiger partial charge in [-0.1, -0.05) is 0 Å². The molecular formula is C8H22Cl2O2S2Sn. The first-order valence-corrected chi connectivity index (χ1v) is 19.7. The van der Waals surface area contributed by atoms with Crippen LogP contribution in [0.15, 0.2) is 0 Å². The Morgan fingerprint density at radius 2 is 1.00 bits per heavy atom. The second-order valence-electron chi connectivity index (χ2n) is 3.05. The number of rotatable bonds is 2. The zero-order valence-corrected chi connectivity index (χ0v) is 16.3. The van der Waals surface area contributed by atoms with Crippen molar-refractivity contribution in [3.8, 4) is 0 Å². The monoisotopic (exact) mass is 404 g/mol. The second-order valence-corrected chi connectivity index (χ2v) is 25.9. The van der Waals surface area contributed by atoms with Crippen molar-refractivity contribution in [1.82, 2.24) is 0 Å². The number of halogens is 2. The van der Waals surface area contributed by atoms with Gasteiger partial charge in [-0.3, -0.25) is 8.42 Å². The van der Waals surface area contributed by atoms with Crippen LogP contribution >= 0.6 is 17.8 Å². The Labute approximate surface area is 111 Å². The Morgan fingerprint density at radius 1 is 0.867 bits per heavy atom. The van der Waals surface area contributed by atoms with Crippen LogP contribution in [0.5, 0.6) is 0 Å². The third-order valence-corrected chi connectivity index (χ3v) is 14.1. The van der Waals surface area contributed by atoms with Crippen LogP contribution in [0.4, 0.5) is 0 Å². The molecule has 0 aliphatic carbocycles. The van der Waals surface area contributed by atoms with Gasteiger partial charge in [0.1, 0.15) is 0 Å². The van der Waals surface area contributed by atoms with E-state index in [1.165, 1.54) is 0 Å². The van der Waals surface area contributed by atoms with Crippen molar-refractivity contribution in [3.63, 3.8) is 0 Å². The van der Waals surface area contributed by atoms with E-state index in [2.05, 4.69) is 13.8 Å². The van der Waals surface area contributed by atoms with Gasteiger partial charge in [-0.05, 0) is 0 Å². The van der Waals surface area contributed by atoms with E-state index >= 15 is 0 Å². The summed E-state index contributed by atoms with van der Waals surface area (Å²) in [5, 5.41) is 0. The fourth-order valence-electron chi connectivity index (χ4n) is 0.250. The van der Waals surface area contributed by atoms with Crippen molar-refractivity contribution in [1.29, 1.82) is 0 Å². The normalized spacial score (nSPS) is 10.3. The van der Waals surface area contributed by atoms with E-state index in [9.17, 15) is 8.42 Å². The molecule has 0 aromatic carbocycles. The predicted octanol–water partition coefficient (Wildman–Crippen LogP) is 2.94. The van der Waals surface area contributed by atoms with Crippen LogP contribution in [0.1, 0.15) is 13.8 Å². The van der Waals surface area contributed by atoms with Gasteiger partial charge in [0.15, 0.2) is 0 Å². The third-order valence-electron chi connectivity index (χ3n) is 1.03. The Kier molecular flexibility index (Phi) is 20.1. The molecule has 96 valence electrons. The van der Waals surface area contributed by atoms with Gasteiger partial charge in [-0.25, -0.2) is 0 Å². The third kappa shape index (κ3) is 49.8. The van der Waals surface area contributed by atoms with E-state index in [1.54, 1.807) is 25.0 Å². The quantitative estimate of drug-likeness (QED) is 0.664. The van der Waals surface area contributed by atoms with E-state index < -0.39 is 37.7 Å². The number of hydrogen-bond acceptors (Lipinski definition) is 2. The van der Waals surface area contributed by atoms with E-state index in [1.807, 2.05) is 0 Å². The fraction of sp³-hybridized carbons (Fsp3) is 1.00. The Bertz CT molecular complexity index is 163. The SMILES string of the molecule is CS(C)=O.CS(C)=O.C[CH2][Sn]([Cl])([Cl])[CH2]C. The van der Waals surface area contributed by atoms with Crippen molar-refractivity contribution < 1.29 is 8.42 Å². The molecule has 0 spiro atoms. The summed E-state index contributed by atoms with van der Waals surface area (Å²) in [5.41, 5.74) is 0. The zero-order valence-electron chi connectivity index (χ0n) is 10.3. The summed E-state index contributed by atoms with van der Waals surface area (Å²) >= 11 is -2.34. The summed E-state index contributed by atoms with van der Waals surface area (Å²) in [5.74, 6) is 0. The molecule has 0 aliphatic rings. The zero-order chi connectivity index (χ0) is 13.1.